The van der Waals surface area contributed by atoms with Gasteiger partial charge >= 0.3 is 0 Å². The minimum Gasteiger partial charge on any atom is -0.316 e. The van der Waals surface area contributed by atoms with Crippen molar-refractivity contribution >= 4 is 23.2 Å². The summed E-state index contributed by atoms with van der Waals surface area (Å²) in [5, 5.41) is 4.93. The molecular formula is C11H13Cl2N. The van der Waals surface area contributed by atoms with Crippen LogP contribution in [-0.4, -0.2) is 13.1 Å². The monoisotopic (exact) mass is 229 g/mol. The molecule has 1 saturated carbocycles. The van der Waals surface area contributed by atoms with Gasteiger partial charge in [0.05, 0.1) is 10.1 Å². The smallest absolute Gasteiger partial charge is 0.0552 e. The van der Waals surface area contributed by atoms with Gasteiger partial charge in [-0.1, -0.05) is 35.4 Å². The summed E-state index contributed by atoms with van der Waals surface area (Å²) in [6.45, 7) is 2.36. The van der Waals surface area contributed by atoms with Crippen LogP contribution < -0.4 is 5.32 Å². The number of hydrogen-bond acceptors (Lipinski definition) is 1. The minimum atomic E-state index is 0.522. The van der Waals surface area contributed by atoms with E-state index in [-0.39, 0.29) is 0 Å². The molecule has 1 aliphatic heterocycles. The van der Waals surface area contributed by atoms with E-state index >= 15 is 0 Å². The molecule has 1 unspecified atom stereocenters. The van der Waals surface area contributed by atoms with E-state index in [2.05, 4.69) is 17.5 Å². The molecule has 3 heteroatoms. The van der Waals surface area contributed by atoms with Crippen molar-refractivity contribution in [1.82, 2.24) is 5.32 Å². The summed E-state index contributed by atoms with van der Waals surface area (Å²) in [7, 11) is 0. The van der Waals surface area contributed by atoms with Crippen molar-refractivity contribution in [2.75, 3.05) is 13.1 Å². The maximum absolute atomic E-state index is 6.06. The highest BCUT2D eigenvalue weighted by molar-refractivity contribution is 6.44. The van der Waals surface area contributed by atoms with Crippen LogP contribution in [0.25, 0.3) is 0 Å². The molecule has 0 amide bonds. The van der Waals surface area contributed by atoms with E-state index in [9.17, 15) is 0 Å². The first kappa shape index (κ1) is 9.26. The third-order valence-electron chi connectivity index (χ3n) is 3.99. The molecule has 14 heavy (non-hydrogen) atoms. The SMILES string of the molecule is ClC1=CCC([C@]23CNC[C@H]2C3)C=C1Cl. The number of nitrogens with one attached hydrogen (secondary N) is 1. The van der Waals surface area contributed by atoms with Gasteiger partial charge in [0.15, 0.2) is 0 Å². The van der Waals surface area contributed by atoms with Crippen molar-refractivity contribution in [3.05, 3.63) is 22.2 Å². The quantitative estimate of drug-likeness (QED) is 0.730. The first-order valence-electron chi connectivity index (χ1n) is 5.16. The molecule has 0 spiro atoms. The van der Waals surface area contributed by atoms with Gasteiger partial charge in [0.1, 0.15) is 0 Å². The molecule has 0 aromatic heterocycles. The fourth-order valence-electron chi connectivity index (χ4n) is 3.01. The number of hydrogen-bond donors (Lipinski definition) is 1. The lowest BCUT2D eigenvalue weighted by atomic mass is 9.83. The van der Waals surface area contributed by atoms with Crippen LogP contribution in [0, 0.1) is 17.3 Å². The summed E-state index contributed by atoms with van der Waals surface area (Å²) in [5.74, 6) is 1.50. The highest BCUT2D eigenvalue weighted by atomic mass is 35.5. The van der Waals surface area contributed by atoms with Gasteiger partial charge in [-0.3, -0.25) is 0 Å². The van der Waals surface area contributed by atoms with E-state index in [1.165, 1.54) is 13.0 Å². The number of fused-ring (bicyclic) bond motifs is 1. The maximum atomic E-state index is 6.06. The van der Waals surface area contributed by atoms with Crippen LogP contribution in [0.15, 0.2) is 22.2 Å². The van der Waals surface area contributed by atoms with Crippen molar-refractivity contribution in [3.63, 3.8) is 0 Å². The number of halogens is 2. The second kappa shape index (κ2) is 3.01. The molecule has 3 atom stereocenters. The summed E-state index contributed by atoms with van der Waals surface area (Å²) in [6.07, 6.45) is 6.66. The lowest BCUT2D eigenvalue weighted by molar-refractivity contribution is 0.373. The highest BCUT2D eigenvalue weighted by Gasteiger charge is 2.60. The van der Waals surface area contributed by atoms with E-state index in [1.807, 2.05) is 0 Å². The predicted molar refractivity (Wildman–Crippen MR) is 59.4 cm³/mol. The fourth-order valence-corrected chi connectivity index (χ4v) is 3.39. The average Bonchev–Trinajstić information content (AvgIpc) is 2.75. The summed E-state index contributed by atoms with van der Waals surface area (Å²) in [5.41, 5.74) is 0.522. The van der Waals surface area contributed by atoms with E-state index < -0.39 is 0 Å². The second-order valence-corrected chi connectivity index (χ2v) is 5.49. The average molecular weight is 230 g/mol. The van der Waals surface area contributed by atoms with Crippen LogP contribution in [0.2, 0.25) is 0 Å². The van der Waals surface area contributed by atoms with Crippen LogP contribution in [-0.2, 0) is 0 Å². The molecule has 3 aliphatic rings. The van der Waals surface area contributed by atoms with Gasteiger partial charge in [0.25, 0.3) is 0 Å². The van der Waals surface area contributed by atoms with Crippen molar-refractivity contribution < 1.29 is 0 Å². The minimum absolute atomic E-state index is 0.522. The third kappa shape index (κ3) is 1.19. The van der Waals surface area contributed by atoms with Gasteiger partial charge in [0, 0.05) is 6.54 Å². The van der Waals surface area contributed by atoms with E-state index in [0.29, 0.717) is 11.3 Å². The second-order valence-electron chi connectivity index (χ2n) is 4.67. The Labute approximate surface area is 94.1 Å². The molecular weight excluding hydrogens is 217 g/mol. The largest absolute Gasteiger partial charge is 0.316 e. The van der Waals surface area contributed by atoms with Crippen LogP contribution in [0.3, 0.4) is 0 Å². The van der Waals surface area contributed by atoms with Crippen molar-refractivity contribution in [2.24, 2.45) is 17.3 Å². The van der Waals surface area contributed by atoms with Crippen LogP contribution in [0.5, 0.6) is 0 Å². The molecule has 1 heterocycles. The van der Waals surface area contributed by atoms with E-state index in [1.54, 1.807) is 0 Å². The molecule has 2 aliphatic carbocycles. The first-order valence-corrected chi connectivity index (χ1v) is 5.92. The lowest BCUT2D eigenvalue weighted by Crippen LogP contribution is -2.23. The van der Waals surface area contributed by atoms with Crippen LogP contribution >= 0.6 is 23.2 Å². The van der Waals surface area contributed by atoms with Crippen molar-refractivity contribution in [3.8, 4) is 0 Å². The molecule has 0 bridgehead atoms. The van der Waals surface area contributed by atoms with E-state index in [0.717, 1.165) is 28.9 Å². The molecule has 1 nitrogen and oxygen atoms in total. The fraction of sp³-hybridized carbons (Fsp3) is 0.636. The molecule has 0 aromatic carbocycles. The Balaban J connectivity index is 1.83. The van der Waals surface area contributed by atoms with Gasteiger partial charge in [-0.15, -0.1) is 0 Å². The summed E-state index contributed by atoms with van der Waals surface area (Å²) in [4.78, 5) is 0. The Hall–Kier alpha value is 0.0200. The van der Waals surface area contributed by atoms with Gasteiger partial charge in [-0.25, -0.2) is 0 Å². The predicted octanol–water partition coefficient (Wildman–Crippen LogP) is 2.86. The Morgan fingerprint density at radius 1 is 1.36 bits per heavy atom. The number of allylic oxidation sites excluding steroid dienone is 4. The first-order chi connectivity index (χ1) is 6.72. The number of piperidine rings is 1. The van der Waals surface area contributed by atoms with Crippen molar-refractivity contribution in [1.29, 1.82) is 0 Å². The van der Waals surface area contributed by atoms with E-state index in [4.69, 9.17) is 23.2 Å². The standard InChI is InChI=1S/C11H13Cl2N/c12-9-2-1-7(3-10(9)13)11-4-8(11)5-14-6-11/h2-3,7-8,14H,1,4-6H2/t7?,8-,11+/m1/s1. The molecule has 76 valence electrons. The van der Waals surface area contributed by atoms with Gasteiger partial charge in [-0.2, -0.15) is 0 Å². The Kier molecular flexibility index (Phi) is 1.99. The lowest BCUT2D eigenvalue weighted by Gasteiger charge is -2.24. The van der Waals surface area contributed by atoms with Gasteiger partial charge < -0.3 is 5.32 Å². The molecule has 3 rings (SSSR count). The highest BCUT2D eigenvalue weighted by Crippen LogP contribution is 2.62. The molecule has 1 N–H and O–H groups in total. The molecule has 2 fully saturated rings. The molecule has 0 aromatic rings. The third-order valence-corrected chi connectivity index (χ3v) is 4.77. The Bertz CT molecular complexity index is 334. The number of rotatable bonds is 1. The summed E-state index contributed by atoms with van der Waals surface area (Å²) < 4.78 is 0. The summed E-state index contributed by atoms with van der Waals surface area (Å²) in [6, 6.07) is 0. The zero-order chi connectivity index (χ0) is 9.76. The van der Waals surface area contributed by atoms with Crippen LogP contribution in [0.1, 0.15) is 12.8 Å². The normalized spacial score (nSPS) is 45.6. The Morgan fingerprint density at radius 3 is 2.79 bits per heavy atom. The zero-order valence-electron chi connectivity index (χ0n) is 7.89. The molecule has 0 radical (unpaired) electrons. The topological polar surface area (TPSA) is 12.0 Å². The van der Waals surface area contributed by atoms with Gasteiger partial charge in [-0.05, 0) is 36.6 Å². The van der Waals surface area contributed by atoms with Crippen molar-refractivity contribution in [2.45, 2.75) is 12.8 Å². The molecule has 1 saturated heterocycles. The van der Waals surface area contributed by atoms with Gasteiger partial charge in [0.2, 0.25) is 0 Å². The summed E-state index contributed by atoms with van der Waals surface area (Å²) >= 11 is 12.0. The van der Waals surface area contributed by atoms with Crippen LogP contribution in [0.4, 0.5) is 0 Å². The zero-order valence-corrected chi connectivity index (χ0v) is 9.41. The maximum Gasteiger partial charge on any atom is 0.0552 e. The Morgan fingerprint density at radius 2 is 2.21 bits per heavy atom.